The van der Waals surface area contributed by atoms with E-state index in [2.05, 4.69) is 4.72 Å². The van der Waals surface area contributed by atoms with E-state index in [0.717, 1.165) is 0 Å². The van der Waals surface area contributed by atoms with Crippen LogP contribution >= 0.6 is 0 Å². The van der Waals surface area contributed by atoms with Crippen molar-refractivity contribution in [1.29, 1.82) is 0 Å². The van der Waals surface area contributed by atoms with E-state index in [0.29, 0.717) is 12.8 Å². The number of hydrogen-bond donors (Lipinski definition) is 3. The number of ether oxygens (including phenoxy) is 1. The molecule has 3 N–H and O–H groups in total. The number of quaternary nitrogens is 1. The van der Waals surface area contributed by atoms with Crippen LogP contribution in [0.2, 0.25) is 0 Å². The number of benzene rings is 1. The predicted octanol–water partition coefficient (Wildman–Crippen LogP) is -0.518. The van der Waals surface area contributed by atoms with Crippen LogP contribution < -0.4 is 14.1 Å². The lowest BCUT2D eigenvalue weighted by Gasteiger charge is -2.16. The van der Waals surface area contributed by atoms with Crippen molar-refractivity contribution in [3.8, 4) is 5.75 Å². The van der Waals surface area contributed by atoms with Crippen molar-refractivity contribution in [3.05, 3.63) is 29.5 Å². The Morgan fingerprint density at radius 2 is 2.00 bits per heavy atom. The summed E-state index contributed by atoms with van der Waals surface area (Å²) < 4.78 is 36.0. The summed E-state index contributed by atoms with van der Waals surface area (Å²) in [6, 6.07) is 5.13. The van der Waals surface area contributed by atoms with Gasteiger partial charge in [0.2, 0.25) is 0 Å². The number of methoxy groups -OCH3 is 1. The van der Waals surface area contributed by atoms with Crippen molar-refractivity contribution in [2.24, 2.45) is 0 Å². The van der Waals surface area contributed by atoms with Crippen LogP contribution in [0.4, 0.5) is 5.69 Å². The van der Waals surface area contributed by atoms with Gasteiger partial charge in [-0.15, -0.1) is 0 Å². The van der Waals surface area contributed by atoms with Crippen molar-refractivity contribution in [2.45, 2.75) is 18.4 Å². The van der Waals surface area contributed by atoms with Gasteiger partial charge < -0.3 is 14.1 Å². The van der Waals surface area contributed by atoms with Crippen LogP contribution in [0, 0.1) is 5.21 Å². The van der Waals surface area contributed by atoms with E-state index >= 15 is 0 Å². The summed E-state index contributed by atoms with van der Waals surface area (Å²) in [6.07, 6.45) is 1.39. The van der Waals surface area contributed by atoms with Gasteiger partial charge in [-0.3, -0.25) is 0 Å². The zero-order valence-electron chi connectivity index (χ0n) is 10.8. The second-order valence-electron chi connectivity index (χ2n) is 4.68. The highest BCUT2D eigenvalue weighted by Gasteiger charge is 2.46. The fourth-order valence-electron chi connectivity index (χ4n) is 1.77. The molecule has 112 valence electrons. The molecule has 0 radical (unpaired) electrons. The first kappa shape index (κ1) is 15.2. The third-order valence-electron chi connectivity index (χ3n) is 2.92. The van der Waals surface area contributed by atoms with Gasteiger partial charge in [-0.1, -0.05) is 0 Å². The fourth-order valence-corrected chi connectivity index (χ4v) is 2.97. The molecule has 1 fully saturated rings. The molecule has 2 rings (SSSR count). The minimum absolute atomic E-state index is 0.0516. The molecule has 0 aliphatic heterocycles. The number of nitrogens with one attached hydrogen (secondary N) is 2. The third-order valence-corrected chi connectivity index (χ3v) is 4.02. The molecule has 9 heteroatoms. The van der Waals surface area contributed by atoms with E-state index in [1.54, 1.807) is 0 Å². The standard InChI is InChI=1S/C11H16N2O6S/c1-18-8-11(6-7-11)12-20(16,17)19-10-4-2-9(3-5-10)13(14)15/h2-5,12-14H,6-8H2,1H3. The average Bonchev–Trinajstić information content (AvgIpc) is 3.08. The Morgan fingerprint density at radius 1 is 1.40 bits per heavy atom. The van der Waals surface area contributed by atoms with Gasteiger partial charge in [0.15, 0.2) is 5.69 Å². The van der Waals surface area contributed by atoms with E-state index in [-0.39, 0.29) is 18.0 Å². The summed E-state index contributed by atoms with van der Waals surface area (Å²) in [5.41, 5.74) is -0.519. The van der Waals surface area contributed by atoms with Crippen molar-refractivity contribution in [3.63, 3.8) is 0 Å². The van der Waals surface area contributed by atoms with E-state index in [1.165, 1.54) is 31.4 Å². The van der Waals surface area contributed by atoms with E-state index in [4.69, 9.17) is 14.1 Å². The largest absolute Gasteiger partial charge is 0.595 e. The Hall–Kier alpha value is -1.23. The summed E-state index contributed by atoms with van der Waals surface area (Å²) in [7, 11) is -2.46. The first-order valence-electron chi connectivity index (χ1n) is 5.91. The van der Waals surface area contributed by atoms with Gasteiger partial charge in [-0.2, -0.15) is 18.4 Å². The maximum atomic E-state index is 11.8. The fraction of sp³-hybridized carbons (Fsp3) is 0.455. The summed E-state index contributed by atoms with van der Waals surface area (Å²) >= 11 is 0. The van der Waals surface area contributed by atoms with E-state index in [9.17, 15) is 13.6 Å². The molecule has 0 saturated heterocycles. The highest BCUT2D eigenvalue weighted by atomic mass is 32.2. The Balaban J connectivity index is 2.01. The van der Waals surface area contributed by atoms with Crippen LogP contribution in [0.3, 0.4) is 0 Å². The molecule has 1 aliphatic rings. The van der Waals surface area contributed by atoms with Gasteiger partial charge in [0.05, 0.1) is 12.1 Å². The van der Waals surface area contributed by atoms with Crippen molar-refractivity contribution in [2.75, 3.05) is 13.7 Å². The Labute approximate surface area is 116 Å². The molecule has 0 bridgehead atoms. The molecule has 1 aromatic carbocycles. The SMILES string of the molecule is COCC1(NS(=O)(=O)Oc2ccc([NH+]([O-])O)cc2)CC1. The van der Waals surface area contributed by atoms with Crippen LogP contribution in [0.15, 0.2) is 24.3 Å². The van der Waals surface area contributed by atoms with Crippen molar-refractivity contribution >= 4 is 16.0 Å². The van der Waals surface area contributed by atoms with Gasteiger partial charge in [-0.05, 0) is 25.0 Å². The lowest BCUT2D eigenvalue weighted by molar-refractivity contribution is -0.991. The van der Waals surface area contributed by atoms with Crippen LogP contribution in [0.25, 0.3) is 0 Å². The molecule has 1 saturated carbocycles. The molecule has 1 unspecified atom stereocenters. The number of hydrogen-bond acceptors (Lipinski definition) is 6. The molecule has 0 amide bonds. The smallest absolute Gasteiger partial charge is 0.383 e. The lowest BCUT2D eigenvalue weighted by atomic mass is 10.3. The van der Waals surface area contributed by atoms with Gasteiger partial charge in [0.1, 0.15) is 5.75 Å². The predicted molar refractivity (Wildman–Crippen MR) is 68.7 cm³/mol. The summed E-state index contributed by atoms with van der Waals surface area (Å²) in [5, 5.41) is 18.3. The topological polar surface area (TPSA) is 112 Å². The molecule has 8 nitrogen and oxygen atoms in total. The molecule has 20 heavy (non-hydrogen) atoms. The molecular formula is C11H16N2O6S. The molecule has 0 spiro atoms. The minimum Gasteiger partial charge on any atom is -0.595 e. The third kappa shape index (κ3) is 3.88. The van der Waals surface area contributed by atoms with Crippen LogP contribution in [-0.2, 0) is 15.0 Å². The van der Waals surface area contributed by atoms with Gasteiger partial charge in [0, 0.05) is 19.2 Å². The Morgan fingerprint density at radius 3 is 2.45 bits per heavy atom. The van der Waals surface area contributed by atoms with Gasteiger partial charge in [0.25, 0.3) is 0 Å². The van der Waals surface area contributed by atoms with Gasteiger partial charge >= 0.3 is 10.3 Å². The molecule has 0 aromatic heterocycles. The number of rotatable bonds is 7. The lowest BCUT2D eigenvalue weighted by Crippen LogP contribution is -2.99. The normalized spacial score (nSPS) is 18.6. The minimum atomic E-state index is -3.96. The Kier molecular flexibility index (Phi) is 4.28. The van der Waals surface area contributed by atoms with Gasteiger partial charge in [-0.25, -0.2) is 5.21 Å². The molecular weight excluding hydrogens is 288 g/mol. The molecule has 1 aromatic rings. The monoisotopic (exact) mass is 304 g/mol. The molecule has 1 aliphatic carbocycles. The van der Waals surface area contributed by atoms with Crippen LogP contribution in [0.1, 0.15) is 12.8 Å². The highest BCUT2D eigenvalue weighted by Crippen LogP contribution is 2.36. The maximum Gasteiger partial charge on any atom is 0.383 e. The van der Waals surface area contributed by atoms with E-state index in [1.807, 2.05) is 0 Å². The van der Waals surface area contributed by atoms with Crippen LogP contribution in [0.5, 0.6) is 5.75 Å². The summed E-state index contributed by atoms with van der Waals surface area (Å²) in [4.78, 5) is 0. The first-order chi connectivity index (χ1) is 9.36. The zero-order chi connectivity index (χ0) is 14.8. The second kappa shape index (κ2) is 5.64. The highest BCUT2D eigenvalue weighted by molar-refractivity contribution is 7.85. The first-order valence-corrected chi connectivity index (χ1v) is 7.32. The molecule has 1 atom stereocenters. The van der Waals surface area contributed by atoms with Crippen LogP contribution in [-0.4, -0.2) is 32.9 Å². The van der Waals surface area contributed by atoms with E-state index < -0.39 is 21.1 Å². The molecule has 0 heterocycles. The second-order valence-corrected chi connectivity index (χ2v) is 5.96. The summed E-state index contributed by atoms with van der Waals surface area (Å²) in [6.45, 7) is 0.285. The zero-order valence-corrected chi connectivity index (χ0v) is 11.6. The van der Waals surface area contributed by atoms with Crippen molar-refractivity contribution < 1.29 is 27.8 Å². The summed E-state index contributed by atoms with van der Waals surface area (Å²) in [5.74, 6) is 0.0516. The quantitative estimate of drug-likeness (QED) is 0.584. The maximum absolute atomic E-state index is 11.8. The Bertz CT molecular complexity index is 553. The van der Waals surface area contributed by atoms with Crippen molar-refractivity contribution in [1.82, 2.24) is 4.72 Å². The average molecular weight is 304 g/mol.